The number of rotatable bonds is 9. The molecule has 0 aliphatic carbocycles. The molecule has 1 N–H and O–H groups in total. The highest BCUT2D eigenvalue weighted by Crippen LogP contribution is 2.38. The first kappa shape index (κ1) is 25.7. The minimum absolute atomic E-state index is 0.0427. The molecule has 194 valence electrons. The molecule has 0 saturated carbocycles. The summed E-state index contributed by atoms with van der Waals surface area (Å²) in [5, 5.41) is 11.3. The van der Waals surface area contributed by atoms with Crippen LogP contribution < -0.4 is 14.8 Å². The van der Waals surface area contributed by atoms with Crippen LogP contribution in [0.4, 0.5) is 0 Å². The summed E-state index contributed by atoms with van der Waals surface area (Å²) in [6, 6.07) is 15.1. The Bertz CT molecular complexity index is 1370. The number of aromatic nitrogens is 3. The van der Waals surface area contributed by atoms with E-state index in [0.29, 0.717) is 33.9 Å². The quantitative estimate of drug-likeness (QED) is 0.369. The van der Waals surface area contributed by atoms with Crippen LogP contribution in [-0.4, -0.2) is 51.5 Å². The minimum atomic E-state index is -1.06. The second-order valence-electron chi connectivity index (χ2n) is 9.56. The lowest BCUT2D eigenvalue weighted by atomic mass is 9.99. The second kappa shape index (κ2) is 10.7. The molecule has 2 aromatic heterocycles. The van der Waals surface area contributed by atoms with Gasteiger partial charge in [-0.15, -0.1) is 5.10 Å². The fourth-order valence-electron chi connectivity index (χ4n) is 4.16. The van der Waals surface area contributed by atoms with Gasteiger partial charge in [0.05, 0.1) is 32.5 Å². The van der Waals surface area contributed by atoms with Gasteiger partial charge in [-0.05, 0) is 51.1 Å². The van der Waals surface area contributed by atoms with Gasteiger partial charge >= 0.3 is 0 Å². The molecule has 37 heavy (non-hydrogen) atoms. The van der Waals surface area contributed by atoms with Crippen molar-refractivity contribution in [3.63, 3.8) is 0 Å². The molecular weight excluding hydrogens is 474 g/mol. The van der Waals surface area contributed by atoms with Crippen LogP contribution in [0.5, 0.6) is 11.5 Å². The summed E-state index contributed by atoms with van der Waals surface area (Å²) in [5.41, 5.74) is 1.31. The van der Waals surface area contributed by atoms with Crippen molar-refractivity contribution in [3.05, 3.63) is 72.2 Å². The molecule has 1 atom stereocenters. The number of nitrogens with one attached hydrogen (secondary N) is 1. The summed E-state index contributed by atoms with van der Waals surface area (Å²) >= 11 is 0. The molecule has 0 saturated heterocycles. The first-order valence-corrected chi connectivity index (χ1v) is 11.8. The summed E-state index contributed by atoms with van der Waals surface area (Å²) < 4.78 is 18.2. The van der Waals surface area contributed by atoms with E-state index in [1.807, 2.05) is 45.0 Å². The van der Waals surface area contributed by atoms with Crippen LogP contribution in [0, 0.1) is 0 Å². The zero-order chi connectivity index (χ0) is 26.6. The van der Waals surface area contributed by atoms with Gasteiger partial charge in [0.25, 0.3) is 0 Å². The van der Waals surface area contributed by atoms with Gasteiger partial charge < -0.3 is 24.1 Å². The van der Waals surface area contributed by atoms with Crippen molar-refractivity contribution >= 4 is 22.8 Å². The Morgan fingerprint density at radius 1 is 1.05 bits per heavy atom. The Labute approximate surface area is 215 Å². The summed E-state index contributed by atoms with van der Waals surface area (Å²) in [5.74, 6) is 0.601. The summed E-state index contributed by atoms with van der Waals surface area (Å²) in [7, 11) is 3.02. The average Bonchev–Trinajstić information content (AvgIpc) is 3.52. The number of furan rings is 1. The molecule has 2 heterocycles. The number of hydrogen-bond acceptors (Lipinski definition) is 7. The predicted octanol–water partition coefficient (Wildman–Crippen LogP) is 3.73. The Balaban J connectivity index is 1.82. The molecule has 0 aliphatic rings. The SMILES string of the molecule is COc1cccc(C(C(=O)NC(C)(C)C)N(Cc2ccco2)C(=O)Cn2nnc3ccccc32)c1OC. The van der Waals surface area contributed by atoms with E-state index in [1.54, 1.807) is 30.3 Å². The molecular formula is C27H31N5O5. The minimum Gasteiger partial charge on any atom is -0.493 e. The Morgan fingerprint density at radius 3 is 2.51 bits per heavy atom. The number of para-hydroxylation sites is 2. The van der Waals surface area contributed by atoms with Gasteiger partial charge in [-0.2, -0.15) is 0 Å². The third kappa shape index (κ3) is 5.74. The van der Waals surface area contributed by atoms with E-state index in [2.05, 4.69) is 15.6 Å². The fraction of sp³-hybridized carbons (Fsp3) is 0.333. The van der Waals surface area contributed by atoms with Crippen molar-refractivity contribution in [1.82, 2.24) is 25.2 Å². The molecule has 0 spiro atoms. The molecule has 2 aromatic carbocycles. The van der Waals surface area contributed by atoms with Gasteiger partial charge in [-0.25, -0.2) is 4.68 Å². The summed E-state index contributed by atoms with van der Waals surface area (Å²) in [4.78, 5) is 29.3. The lowest BCUT2D eigenvalue weighted by molar-refractivity contribution is -0.143. The largest absolute Gasteiger partial charge is 0.493 e. The predicted molar refractivity (Wildman–Crippen MR) is 137 cm³/mol. The van der Waals surface area contributed by atoms with Gasteiger partial charge in [0.15, 0.2) is 11.5 Å². The Kier molecular flexibility index (Phi) is 7.47. The highest BCUT2D eigenvalue weighted by atomic mass is 16.5. The van der Waals surface area contributed by atoms with Crippen LogP contribution in [0.3, 0.4) is 0 Å². The number of fused-ring (bicyclic) bond motifs is 1. The molecule has 1 unspecified atom stereocenters. The van der Waals surface area contributed by atoms with Gasteiger partial charge in [-0.3, -0.25) is 9.59 Å². The van der Waals surface area contributed by atoms with E-state index < -0.39 is 11.6 Å². The van der Waals surface area contributed by atoms with E-state index in [9.17, 15) is 9.59 Å². The first-order chi connectivity index (χ1) is 17.7. The van der Waals surface area contributed by atoms with Crippen LogP contribution in [-0.2, 0) is 22.7 Å². The van der Waals surface area contributed by atoms with E-state index in [-0.39, 0.29) is 24.9 Å². The number of carbonyl (C=O) groups excluding carboxylic acids is 2. The van der Waals surface area contributed by atoms with Crippen molar-refractivity contribution in [2.75, 3.05) is 14.2 Å². The molecule has 0 radical (unpaired) electrons. The maximum absolute atomic E-state index is 14.0. The number of hydrogen-bond donors (Lipinski definition) is 1. The van der Waals surface area contributed by atoms with Crippen molar-refractivity contribution in [2.45, 2.75) is 45.4 Å². The molecule has 2 amide bonds. The van der Waals surface area contributed by atoms with Crippen molar-refractivity contribution in [2.24, 2.45) is 0 Å². The molecule has 4 rings (SSSR count). The van der Waals surface area contributed by atoms with Crippen LogP contribution >= 0.6 is 0 Å². The summed E-state index contributed by atoms with van der Waals surface area (Å²) in [6.45, 7) is 5.55. The standard InChI is InChI=1S/C27H31N5O5/c1-27(2,3)28-26(34)24(19-11-8-14-22(35-4)25(19)36-5)31(16-18-10-9-15-37-18)23(33)17-32-21-13-7-6-12-20(21)29-30-32/h6-15,24H,16-17H2,1-5H3,(H,28,34). The second-order valence-corrected chi connectivity index (χ2v) is 9.56. The molecule has 0 bridgehead atoms. The van der Waals surface area contributed by atoms with Crippen molar-refractivity contribution < 1.29 is 23.5 Å². The smallest absolute Gasteiger partial charge is 0.248 e. The van der Waals surface area contributed by atoms with Crippen LogP contribution in [0.2, 0.25) is 0 Å². The number of benzene rings is 2. The van der Waals surface area contributed by atoms with Gasteiger partial charge in [0.2, 0.25) is 11.8 Å². The zero-order valence-corrected chi connectivity index (χ0v) is 21.6. The fourth-order valence-corrected chi connectivity index (χ4v) is 4.16. The van der Waals surface area contributed by atoms with E-state index >= 15 is 0 Å². The number of ether oxygens (including phenoxy) is 2. The van der Waals surface area contributed by atoms with Gasteiger partial charge in [-0.1, -0.05) is 29.5 Å². The van der Waals surface area contributed by atoms with Crippen molar-refractivity contribution in [3.8, 4) is 11.5 Å². The molecule has 10 nitrogen and oxygen atoms in total. The Hall–Kier alpha value is -4.34. The molecule has 0 aliphatic heterocycles. The Morgan fingerprint density at radius 2 is 1.84 bits per heavy atom. The van der Waals surface area contributed by atoms with Crippen LogP contribution in [0.25, 0.3) is 11.0 Å². The van der Waals surface area contributed by atoms with Gasteiger partial charge in [0, 0.05) is 11.1 Å². The molecule has 10 heteroatoms. The maximum Gasteiger partial charge on any atom is 0.248 e. The monoisotopic (exact) mass is 505 g/mol. The number of methoxy groups -OCH3 is 2. The normalized spacial score (nSPS) is 12.2. The van der Waals surface area contributed by atoms with E-state index in [4.69, 9.17) is 13.9 Å². The van der Waals surface area contributed by atoms with Crippen LogP contribution in [0.1, 0.15) is 38.1 Å². The van der Waals surface area contributed by atoms with Gasteiger partial charge in [0.1, 0.15) is 23.9 Å². The van der Waals surface area contributed by atoms with E-state index in [1.165, 1.54) is 30.1 Å². The summed E-state index contributed by atoms with van der Waals surface area (Å²) in [6.07, 6.45) is 1.53. The number of carbonyl (C=O) groups is 2. The van der Waals surface area contributed by atoms with Crippen LogP contribution in [0.15, 0.2) is 65.3 Å². The third-order valence-corrected chi connectivity index (χ3v) is 5.72. The first-order valence-electron chi connectivity index (χ1n) is 11.8. The number of nitrogens with zero attached hydrogens (tertiary/aromatic N) is 4. The van der Waals surface area contributed by atoms with E-state index in [0.717, 1.165) is 0 Å². The lowest BCUT2D eigenvalue weighted by Crippen LogP contribution is -2.49. The molecule has 0 fully saturated rings. The molecule has 4 aromatic rings. The number of amides is 2. The maximum atomic E-state index is 14.0. The topological polar surface area (TPSA) is 112 Å². The van der Waals surface area contributed by atoms with Crippen molar-refractivity contribution in [1.29, 1.82) is 0 Å². The average molecular weight is 506 g/mol. The third-order valence-electron chi connectivity index (χ3n) is 5.72. The highest BCUT2D eigenvalue weighted by Gasteiger charge is 2.36. The highest BCUT2D eigenvalue weighted by molar-refractivity contribution is 5.90. The zero-order valence-electron chi connectivity index (χ0n) is 21.6. The lowest BCUT2D eigenvalue weighted by Gasteiger charge is -2.34.